The molecule has 0 aliphatic heterocycles. The largest absolute Gasteiger partial charge is 0.496 e. The Bertz CT molecular complexity index is 1130. The molecular weight excluding hydrogens is 416 g/mol. The second kappa shape index (κ2) is 9.92. The van der Waals surface area contributed by atoms with Gasteiger partial charge in [0.15, 0.2) is 0 Å². The first-order chi connectivity index (χ1) is 16.7. The number of aromatic nitrogens is 1. The lowest BCUT2D eigenvalue weighted by Gasteiger charge is -2.41. The minimum atomic E-state index is 0.337. The molecule has 3 heteroatoms. The third-order valence-corrected chi connectivity index (χ3v) is 8.12. The number of hydrogen-bond acceptors (Lipinski definition) is 3. The van der Waals surface area contributed by atoms with Crippen molar-refractivity contribution in [2.24, 2.45) is 0 Å². The van der Waals surface area contributed by atoms with Gasteiger partial charge in [-0.15, -0.1) is 0 Å². The van der Waals surface area contributed by atoms with Crippen LogP contribution in [0.5, 0.6) is 5.75 Å². The van der Waals surface area contributed by atoms with Gasteiger partial charge in [-0.1, -0.05) is 56.3 Å². The summed E-state index contributed by atoms with van der Waals surface area (Å²) in [5.41, 5.74) is 10.7. The van der Waals surface area contributed by atoms with Crippen LogP contribution >= 0.6 is 0 Å². The van der Waals surface area contributed by atoms with E-state index in [1.165, 1.54) is 64.8 Å². The van der Waals surface area contributed by atoms with Crippen LogP contribution in [0.3, 0.4) is 0 Å². The molecule has 3 nitrogen and oxygen atoms in total. The van der Waals surface area contributed by atoms with Gasteiger partial charge in [-0.25, -0.2) is 0 Å². The summed E-state index contributed by atoms with van der Waals surface area (Å²) in [6.07, 6.45) is 9.06. The van der Waals surface area contributed by atoms with Crippen LogP contribution in [-0.4, -0.2) is 24.0 Å². The van der Waals surface area contributed by atoms with Crippen LogP contribution < -0.4 is 4.74 Å². The lowest BCUT2D eigenvalue weighted by molar-refractivity contribution is 0.139. The summed E-state index contributed by atoms with van der Waals surface area (Å²) in [5.74, 6) is 1.01. The summed E-state index contributed by atoms with van der Waals surface area (Å²) in [5, 5.41) is 0. The van der Waals surface area contributed by atoms with Gasteiger partial charge >= 0.3 is 0 Å². The maximum absolute atomic E-state index is 6.09. The summed E-state index contributed by atoms with van der Waals surface area (Å²) in [7, 11) is 4.15. The summed E-state index contributed by atoms with van der Waals surface area (Å²) in [6, 6.07) is 18.7. The molecule has 0 bridgehead atoms. The number of rotatable bonds is 6. The summed E-state index contributed by atoms with van der Waals surface area (Å²) in [4.78, 5) is 7.95. The average molecular weight is 455 g/mol. The molecular formula is C31H38N2O. The number of pyridine rings is 1. The summed E-state index contributed by atoms with van der Waals surface area (Å²) in [6.45, 7) is 4.47. The van der Waals surface area contributed by atoms with Crippen LogP contribution in [0.25, 0.3) is 11.3 Å². The predicted octanol–water partition coefficient (Wildman–Crippen LogP) is 7.27. The molecule has 1 aromatic heterocycles. The zero-order valence-electron chi connectivity index (χ0n) is 21.2. The smallest absolute Gasteiger partial charge is 0.127 e. The molecule has 0 unspecified atom stereocenters. The Hall–Kier alpha value is -2.65. The van der Waals surface area contributed by atoms with Crippen molar-refractivity contribution in [1.29, 1.82) is 0 Å². The van der Waals surface area contributed by atoms with Gasteiger partial charge in [-0.05, 0) is 80.7 Å². The normalized spacial score (nSPS) is 19.6. The Kier molecular flexibility index (Phi) is 6.74. The fourth-order valence-electron chi connectivity index (χ4n) is 6.38. The highest BCUT2D eigenvalue weighted by Crippen LogP contribution is 2.46. The second-order valence-corrected chi connectivity index (χ2v) is 9.91. The average Bonchev–Trinajstić information content (AvgIpc) is 2.90. The zero-order valence-corrected chi connectivity index (χ0v) is 21.2. The molecule has 2 aromatic carbocycles. The van der Waals surface area contributed by atoms with Crippen molar-refractivity contribution in [2.45, 2.75) is 77.3 Å². The van der Waals surface area contributed by atoms with Crippen molar-refractivity contribution in [2.75, 3.05) is 14.2 Å². The molecule has 0 saturated heterocycles. The number of nitrogens with zero attached hydrogens (tertiary/aromatic N) is 2. The van der Waals surface area contributed by atoms with Crippen LogP contribution in [0, 0.1) is 0 Å². The maximum atomic E-state index is 6.09. The van der Waals surface area contributed by atoms with Gasteiger partial charge in [0.2, 0.25) is 0 Å². The molecule has 1 heterocycles. The van der Waals surface area contributed by atoms with E-state index in [9.17, 15) is 0 Å². The minimum absolute atomic E-state index is 0.337. The van der Waals surface area contributed by atoms with E-state index in [-0.39, 0.29) is 0 Å². The first-order valence-corrected chi connectivity index (χ1v) is 13.1. The van der Waals surface area contributed by atoms with E-state index < -0.39 is 0 Å². The number of aryl methyl sites for hydroxylation is 4. The summed E-state index contributed by atoms with van der Waals surface area (Å²) < 4.78 is 6.09. The fraction of sp³-hybridized carbons (Fsp3) is 0.452. The Balaban J connectivity index is 1.58. The lowest BCUT2D eigenvalue weighted by atomic mass is 9.83. The topological polar surface area (TPSA) is 25.4 Å². The van der Waals surface area contributed by atoms with E-state index >= 15 is 0 Å². The monoisotopic (exact) mass is 454 g/mol. The van der Waals surface area contributed by atoms with E-state index in [4.69, 9.17) is 9.72 Å². The van der Waals surface area contributed by atoms with Crippen molar-refractivity contribution in [3.63, 3.8) is 0 Å². The van der Waals surface area contributed by atoms with Crippen LogP contribution in [0.4, 0.5) is 0 Å². The van der Waals surface area contributed by atoms with E-state index in [1.54, 1.807) is 0 Å². The maximum Gasteiger partial charge on any atom is 0.127 e. The van der Waals surface area contributed by atoms with Gasteiger partial charge in [0.1, 0.15) is 5.75 Å². The molecule has 5 rings (SSSR count). The Morgan fingerprint density at radius 2 is 1.62 bits per heavy atom. The van der Waals surface area contributed by atoms with Crippen molar-refractivity contribution >= 4 is 0 Å². The van der Waals surface area contributed by atoms with Crippen LogP contribution in [0.2, 0.25) is 0 Å². The molecule has 0 amide bonds. The number of ether oxygens (including phenoxy) is 1. The predicted molar refractivity (Wildman–Crippen MR) is 141 cm³/mol. The second-order valence-electron chi connectivity index (χ2n) is 9.91. The fourth-order valence-corrected chi connectivity index (χ4v) is 6.38. The molecule has 2 aliphatic rings. The van der Waals surface area contributed by atoms with Crippen molar-refractivity contribution in [3.05, 3.63) is 82.0 Å². The Labute approximate surface area is 205 Å². The van der Waals surface area contributed by atoms with Crippen LogP contribution in [-0.2, 0) is 25.7 Å². The van der Waals surface area contributed by atoms with E-state index in [1.807, 2.05) is 7.11 Å². The van der Waals surface area contributed by atoms with Crippen molar-refractivity contribution in [1.82, 2.24) is 9.88 Å². The highest BCUT2D eigenvalue weighted by Gasteiger charge is 2.34. The molecule has 3 aromatic rings. The first kappa shape index (κ1) is 23.1. The molecule has 0 fully saturated rings. The van der Waals surface area contributed by atoms with Crippen LogP contribution in [0.15, 0.2) is 48.5 Å². The third-order valence-electron chi connectivity index (χ3n) is 8.12. The zero-order chi connectivity index (χ0) is 23.7. The van der Waals surface area contributed by atoms with Gasteiger partial charge in [0.25, 0.3) is 0 Å². The molecule has 178 valence electrons. The first-order valence-electron chi connectivity index (χ1n) is 13.1. The highest BCUT2D eigenvalue weighted by atomic mass is 16.5. The van der Waals surface area contributed by atoms with Gasteiger partial charge in [-0.2, -0.15) is 0 Å². The quantitative estimate of drug-likeness (QED) is 0.392. The number of fused-ring (bicyclic) bond motifs is 2. The number of methoxy groups -OCH3 is 1. The molecule has 2 aliphatic carbocycles. The van der Waals surface area contributed by atoms with E-state index in [0.717, 1.165) is 37.1 Å². The van der Waals surface area contributed by atoms with Gasteiger partial charge < -0.3 is 4.74 Å². The standard InChI is InChI=1S/C31H38N2O/c1-5-21-13-9-14-22(6-2)30(21)26-20-29(34-4)31-25(32-26)17-11-19-28(31)33(3)27-18-10-15-23-12-7-8-16-24(23)27/h7-9,12-14,16,20,27-28H,5-6,10-11,15,17-19H2,1-4H3/t27-,28-/m1/s1. The summed E-state index contributed by atoms with van der Waals surface area (Å²) >= 11 is 0. The highest BCUT2D eigenvalue weighted by molar-refractivity contribution is 5.70. The molecule has 34 heavy (non-hydrogen) atoms. The Morgan fingerprint density at radius 1 is 0.912 bits per heavy atom. The SMILES string of the molecule is CCc1cccc(CC)c1-c1cc(OC)c2c(n1)CCC[C@H]2N(C)[C@@H]1CCCc2ccccc21. The molecule has 0 N–H and O–H groups in total. The molecule has 0 radical (unpaired) electrons. The van der Waals surface area contributed by atoms with Gasteiger partial charge in [0.05, 0.1) is 12.8 Å². The Morgan fingerprint density at radius 3 is 2.35 bits per heavy atom. The van der Waals surface area contributed by atoms with Crippen molar-refractivity contribution in [3.8, 4) is 17.0 Å². The van der Waals surface area contributed by atoms with Gasteiger partial charge in [-0.3, -0.25) is 9.88 Å². The van der Waals surface area contributed by atoms with Crippen LogP contribution in [0.1, 0.15) is 85.1 Å². The number of hydrogen-bond donors (Lipinski definition) is 0. The molecule has 2 atom stereocenters. The number of benzene rings is 2. The third kappa shape index (κ3) is 4.05. The van der Waals surface area contributed by atoms with E-state index in [0.29, 0.717) is 12.1 Å². The molecule has 0 saturated carbocycles. The molecule has 0 spiro atoms. The van der Waals surface area contributed by atoms with Crippen molar-refractivity contribution < 1.29 is 4.74 Å². The lowest BCUT2D eigenvalue weighted by Crippen LogP contribution is -2.34. The van der Waals surface area contributed by atoms with Gasteiger partial charge in [0, 0.05) is 35.0 Å². The van der Waals surface area contributed by atoms with E-state index in [2.05, 4.69) is 74.3 Å². The minimum Gasteiger partial charge on any atom is -0.496 e.